The van der Waals surface area contributed by atoms with Gasteiger partial charge in [-0.25, -0.2) is 0 Å². The van der Waals surface area contributed by atoms with Crippen LogP contribution in [0.2, 0.25) is 0 Å². The minimum absolute atomic E-state index is 0.0894. The van der Waals surface area contributed by atoms with Gasteiger partial charge in [0.05, 0.1) is 6.61 Å². The molecule has 3 nitrogen and oxygen atoms in total. The van der Waals surface area contributed by atoms with Gasteiger partial charge in [0.15, 0.2) is 0 Å². The van der Waals surface area contributed by atoms with E-state index in [-0.39, 0.29) is 5.91 Å². The van der Waals surface area contributed by atoms with Crippen LogP contribution in [0.5, 0.6) is 5.75 Å². The van der Waals surface area contributed by atoms with Crippen molar-refractivity contribution in [2.24, 2.45) is 0 Å². The van der Waals surface area contributed by atoms with Crippen molar-refractivity contribution in [2.75, 3.05) is 17.7 Å². The van der Waals surface area contributed by atoms with Crippen LogP contribution in [-0.2, 0) is 11.2 Å². The second kappa shape index (κ2) is 8.58. The smallest absolute Gasteiger partial charge is 0.224 e. The van der Waals surface area contributed by atoms with Crippen LogP contribution in [0.3, 0.4) is 0 Å². The lowest BCUT2D eigenvalue weighted by molar-refractivity contribution is -0.116. The van der Waals surface area contributed by atoms with Gasteiger partial charge < -0.3 is 10.1 Å². The molecule has 0 aliphatic carbocycles. The predicted molar refractivity (Wildman–Crippen MR) is 107 cm³/mol. The highest BCUT2D eigenvalue weighted by molar-refractivity contribution is 7.80. The summed E-state index contributed by atoms with van der Waals surface area (Å²) >= 11 is 4.08. The Labute approximate surface area is 153 Å². The molecule has 1 heterocycles. The second-order valence-electron chi connectivity index (χ2n) is 5.79. The lowest BCUT2D eigenvalue weighted by Gasteiger charge is -2.17. The third-order valence-electron chi connectivity index (χ3n) is 3.99. The summed E-state index contributed by atoms with van der Waals surface area (Å²) in [6, 6.07) is 22.5. The molecular formula is C21H21NO2S. The Morgan fingerprint density at radius 2 is 1.56 bits per heavy atom. The first kappa shape index (κ1) is 17.4. The molecule has 4 rings (SSSR count). The lowest BCUT2D eigenvalue weighted by atomic mass is 10.0. The van der Waals surface area contributed by atoms with E-state index in [0.29, 0.717) is 18.8 Å². The second-order valence-corrected chi connectivity index (χ2v) is 6.23. The third-order valence-corrected chi connectivity index (χ3v) is 4.17. The Morgan fingerprint density at radius 1 is 0.920 bits per heavy atom. The zero-order chi connectivity index (χ0) is 17.5. The summed E-state index contributed by atoms with van der Waals surface area (Å²) in [4.78, 5) is 11.1. The quantitative estimate of drug-likeness (QED) is 0.670. The molecule has 0 atom stereocenters. The summed E-state index contributed by atoms with van der Waals surface area (Å²) in [6.45, 7) is 0.605. The first-order valence-corrected chi connectivity index (χ1v) is 9.00. The molecule has 128 valence electrons. The monoisotopic (exact) mass is 351 g/mol. The molecule has 0 aromatic heterocycles. The van der Waals surface area contributed by atoms with Crippen molar-refractivity contribution in [3.63, 3.8) is 0 Å². The van der Waals surface area contributed by atoms with E-state index < -0.39 is 0 Å². The van der Waals surface area contributed by atoms with Gasteiger partial charge in [-0.1, -0.05) is 48.5 Å². The highest BCUT2D eigenvalue weighted by Crippen LogP contribution is 2.26. The van der Waals surface area contributed by atoms with E-state index in [2.05, 4.69) is 66.5 Å². The van der Waals surface area contributed by atoms with Crippen molar-refractivity contribution < 1.29 is 9.53 Å². The van der Waals surface area contributed by atoms with Crippen LogP contribution in [0, 0.1) is 0 Å². The number of amides is 1. The summed E-state index contributed by atoms with van der Waals surface area (Å²) in [5.41, 5.74) is 2.05. The zero-order valence-corrected chi connectivity index (χ0v) is 14.8. The first-order valence-electron chi connectivity index (χ1n) is 8.36. The van der Waals surface area contributed by atoms with E-state index in [9.17, 15) is 4.79 Å². The van der Waals surface area contributed by atoms with Crippen molar-refractivity contribution >= 4 is 35.0 Å². The van der Waals surface area contributed by atoms with Crippen LogP contribution in [0.1, 0.15) is 12.0 Å². The summed E-state index contributed by atoms with van der Waals surface area (Å²) in [5.74, 6) is 1.64. The van der Waals surface area contributed by atoms with Gasteiger partial charge >= 0.3 is 0 Å². The Morgan fingerprint density at radius 3 is 2.16 bits per heavy atom. The van der Waals surface area contributed by atoms with Gasteiger partial charge in [-0.15, -0.1) is 0 Å². The van der Waals surface area contributed by atoms with E-state index in [1.807, 2.05) is 18.2 Å². The van der Waals surface area contributed by atoms with Gasteiger partial charge in [-0.05, 0) is 41.0 Å². The number of aryl methyl sites for hydroxylation is 1. The average molecular weight is 351 g/mol. The van der Waals surface area contributed by atoms with E-state index in [4.69, 9.17) is 4.74 Å². The van der Waals surface area contributed by atoms with Gasteiger partial charge in [0.1, 0.15) is 5.75 Å². The number of carbonyl (C=O) groups excluding carboxylic acids is 1. The summed E-state index contributed by atoms with van der Waals surface area (Å²) in [7, 11) is 0. The molecule has 0 saturated carbocycles. The number of fused-ring (bicyclic) bond motifs is 2. The molecule has 1 aliphatic heterocycles. The number of carbonyl (C=O) groups is 1. The molecule has 4 heteroatoms. The fourth-order valence-corrected chi connectivity index (χ4v) is 2.84. The summed E-state index contributed by atoms with van der Waals surface area (Å²) < 4.78 is 5.46. The van der Waals surface area contributed by atoms with Crippen molar-refractivity contribution in [3.8, 4) is 5.75 Å². The molecule has 3 aromatic carbocycles. The van der Waals surface area contributed by atoms with Crippen LogP contribution in [0.25, 0.3) is 10.8 Å². The molecule has 3 aromatic rings. The van der Waals surface area contributed by atoms with E-state index in [0.717, 1.165) is 23.4 Å². The standard InChI is InChI=1S/C11H13NO2S.C10H8/c13-11-4-1-8-7-9(14-5-6-15)2-3-10(8)12-11;1-2-6-10-8-4-3-7-9(10)5-1/h2-3,7,15H,1,4-6H2,(H,12,13);1-8H. The lowest BCUT2D eigenvalue weighted by Crippen LogP contribution is -2.18. The van der Waals surface area contributed by atoms with Crippen LogP contribution < -0.4 is 10.1 Å². The number of rotatable bonds is 3. The molecule has 0 bridgehead atoms. The van der Waals surface area contributed by atoms with Crippen LogP contribution in [0.4, 0.5) is 5.69 Å². The summed E-state index contributed by atoms with van der Waals surface area (Å²) in [6.07, 6.45) is 1.35. The molecule has 1 N–H and O–H groups in total. The van der Waals surface area contributed by atoms with Crippen molar-refractivity contribution in [2.45, 2.75) is 12.8 Å². The van der Waals surface area contributed by atoms with Gasteiger partial charge in [0.25, 0.3) is 0 Å². The maximum atomic E-state index is 11.1. The van der Waals surface area contributed by atoms with Crippen LogP contribution in [0.15, 0.2) is 66.7 Å². The number of anilines is 1. The number of hydrogen-bond acceptors (Lipinski definition) is 3. The number of benzene rings is 3. The number of thiol groups is 1. The fraction of sp³-hybridized carbons (Fsp3) is 0.190. The van der Waals surface area contributed by atoms with Crippen molar-refractivity contribution in [3.05, 3.63) is 72.3 Å². The zero-order valence-electron chi connectivity index (χ0n) is 13.9. The largest absolute Gasteiger partial charge is 0.493 e. The minimum atomic E-state index is 0.0894. The number of ether oxygens (including phenoxy) is 1. The first-order chi connectivity index (χ1) is 12.3. The average Bonchev–Trinajstić information content (AvgIpc) is 2.67. The molecule has 0 radical (unpaired) electrons. The SMILES string of the molecule is O=C1CCc2cc(OCCS)ccc2N1.c1ccc2ccccc2c1. The van der Waals surface area contributed by atoms with Gasteiger partial charge in [0.2, 0.25) is 5.91 Å². The molecular weight excluding hydrogens is 330 g/mol. The van der Waals surface area contributed by atoms with Gasteiger partial charge in [-0.3, -0.25) is 4.79 Å². The van der Waals surface area contributed by atoms with Gasteiger partial charge in [0, 0.05) is 17.9 Å². The Balaban J connectivity index is 0.000000157. The van der Waals surface area contributed by atoms with E-state index >= 15 is 0 Å². The topological polar surface area (TPSA) is 38.3 Å². The Hall–Kier alpha value is -2.46. The maximum absolute atomic E-state index is 11.1. The number of nitrogens with one attached hydrogen (secondary N) is 1. The summed E-state index contributed by atoms with van der Waals surface area (Å²) in [5, 5.41) is 5.45. The molecule has 0 unspecified atom stereocenters. The van der Waals surface area contributed by atoms with E-state index in [1.165, 1.54) is 10.8 Å². The maximum Gasteiger partial charge on any atom is 0.224 e. The van der Waals surface area contributed by atoms with Crippen LogP contribution in [-0.4, -0.2) is 18.3 Å². The molecule has 1 aliphatic rings. The highest BCUT2D eigenvalue weighted by Gasteiger charge is 2.14. The predicted octanol–water partition coefficient (Wildman–Crippen LogP) is 4.72. The van der Waals surface area contributed by atoms with Crippen LogP contribution >= 0.6 is 12.6 Å². The molecule has 0 spiro atoms. The van der Waals surface area contributed by atoms with Crippen molar-refractivity contribution in [1.82, 2.24) is 0 Å². The molecule has 1 amide bonds. The number of hydrogen-bond donors (Lipinski definition) is 2. The molecule has 0 saturated heterocycles. The Bertz CT molecular complexity index is 798. The normalized spacial score (nSPS) is 12.6. The third kappa shape index (κ3) is 4.77. The van der Waals surface area contributed by atoms with Crippen molar-refractivity contribution in [1.29, 1.82) is 0 Å². The molecule has 0 fully saturated rings. The van der Waals surface area contributed by atoms with E-state index in [1.54, 1.807) is 0 Å². The van der Waals surface area contributed by atoms with Gasteiger partial charge in [-0.2, -0.15) is 12.6 Å². The Kier molecular flexibility index (Phi) is 5.96. The molecule has 25 heavy (non-hydrogen) atoms. The fourth-order valence-electron chi connectivity index (χ4n) is 2.75. The minimum Gasteiger partial charge on any atom is -0.493 e. The highest BCUT2D eigenvalue weighted by atomic mass is 32.1.